The lowest BCUT2D eigenvalue weighted by Gasteiger charge is -2.10. The summed E-state index contributed by atoms with van der Waals surface area (Å²) in [6.45, 7) is 8.55. The molecule has 3 nitrogen and oxygen atoms in total. The highest BCUT2D eigenvalue weighted by Gasteiger charge is 2.01. The maximum absolute atomic E-state index is 4.27. The first-order chi connectivity index (χ1) is 7.26. The molecule has 0 spiro atoms. The lowest BCUT2D eigenvalue weighted by Crippen LogP contribution is -2.25. The van der Waals surface area contributed by atoms with Crippen molar-refractivity contribution in [2.45, 2.75) is 52.6 Å². The topological polar surface area (TPSA) is 29.9 Å². The SMILES string of the molecule is CCNC(C)CCCc1cnn(CC)c1. The van der Waals surface area contributed by atoms with Crippen molar-refractivity contribution in [3.8, 4) is 0 Å². The molecule has 0 aliphatic heterocycles. The van der Waals surface area contributed by atoms with Crippen LogP contribution in [0, 0.1) is 0 Å². The molecular formula is C12H23N3. The van der Waals surface area contributed by atoms with Crippen molar-refractivity contribution >= 4 is 0 Å². The fraction of sp³-hybridized carbons (Fsp3) is 0.750. The molecule has 0 amide bonds. The zero-order chi connectivity index (χ0) is 11.1. The minimum atomic E-state index is 0.635. The predicted molar refractivity (Wildman–Crippen MR) is 64.0 cm³/mol. The highest BCUT2D eigenvalue weighted by atomic mass is 15.3. The second-order valence-electron chi connectivity index (χ2n) is 4.06. The number of aryl methyl sites for hydroxylation is 2. The molecule has 0 saturated heterocycles. The van der Waals surface area contributed by atoms with Crippen LogP contribution in [0.1, 0.15) is 39.2 Å². The maximum atomic E-state index is 4.27. The van der Waals surface area contributed by atoms with Gasteiger partial charge in [0.25, 0.3) is 0 Å². The van der Waals surface area contributed by atoms with Crippen LogP contribution < -0.4 is 5.32 Å². The predicted octanol–water partition coefficient (Wildman–Crippen LogP) is 2.22. The van der Waals surface area contributed by atoms with E-state index in [4.69, 9.17) is 0 Å². The van der Waals surface area contributed by atoms with E-state index in [9.17, 15) is 0 Å². The number of nitrogens with zero attached hydrogens (tertiary/aromatic N) is 2. The largest absolute Gasteiger partial charge is 0.315 e. The van der Waals surface area contributed by atoms with E-state index < -0.39 is 0 Å². The fourth-order valence-corrected chi connectivity index (χ4v) is 1.77. The summed E-state index contributed by atoms with van der Waals surface area (Å²) < 4.78 is 1.99. The van der Waals surface area contributed by atoms with Crippen molar-refractivity contribution in [3.05, 3.63) is 18.0 Å². The highest BCUT2D eigenvalue weighted by molar-refractivity contribution is 5.03. The summed E-state index contributed by atoms with van der Waals surface area (Å²) in [7, 11) is 0. The molecule has 0 bridgehead atoms. The van der Waals surface area contributed by atoms with Gasteiger partial charge >= 0.3 is 0 Å². The monoisotopic (exact) mass is 209 g/mol. The second-order valence-corrected chi connectivity index (χ2v) is 4.06. The lowest BCUT2D eigenvalue weighted by atomic mass is 10.1. The van der Waals surface area contributed by atoms with Gasteiger partial charge in [-0.15, -0.1) is 0 Å². The summed E-state index contributed by atoms with van der Waals surface area (Å²) in [6, 6.07) is 0.635. The van der Waals surface area contributed by atoms with E-state index in [1.54, 1.807) is 0 Å². The Labute approximate surface area is 92.9 Å². The van der Waals surface area contributed by atoms with Gasteiger partial charge in [-0.1, -0.05) is 6.92 Å². The van der Waals surface area contributed by atoms with E-state index in [1.165, 1.54) is 18.4 Å². The van der Waals surface area contributed by atoms with Gasteiger partial charge in [0.1, 0.15) is 0 Å². The highest BCUT2D eigenvalue weighted by Crippen LogP contribution is 2.05. The van der Waals surface area contributed by atoms with Crippen LogP contribution in [0.15, 0.2) is 12.4 Å². The normalized spacial score (nSPS) is 13.0. The minimum Gasteiger partial charge on any atom is -0.315 e. The molecule has 86 valence electrons. The summed E-state index contributed by atoms with van der Waals surface area (Å²) in [5.41, 5.74) is 1.36. The van der Waals surface area contributed by atoms with Crippen LogP contribution in [0.25, 0.3) is 0 Å². The molecule has 3 heteroatoms. The molecular weight excluding hydrogens is 186 g/mol. The molecule has 0 fully saturated rings. The second kappa shape index (κ2) is 6.62. The summed E-state index contributed by atoms with van der Waals surface area (Å²) in [4.78, 5) is 0. The standard InChI is InChI=1S/C12H23N3/c1-4-13-11(3)7-6-8-12-9-14-15(5-2)10-12/h9-11,13H,4-8H2,1-3H3. The third-order valence-corrected chi connectivity index (χ3v) is 2.67. The van der Waals surface area contributed by atoms with E-state index in [1.807, 2.05) is 10.9 Å². The summed E-state index contributed by atoms with van der Waals surface area (Å²) in [5.74, 6) is 0. The number of rotatable bonds is 7. The molecule has 0 aliphatic rings. The van der Waals surface area contributed by atoms with Gasteiger partial charge in [0.05, 0.1) is 6.20 Å². The molecule has 1 unspecified atom stereocenters. The van der Waals surface area contributed by atoms with Crippen LogP contribution in [0.2, 0.25) is 0 Å². The van der Waals surface area contributed by atoms with Crippen LogP contribution in [0.5, 0.6) is 0 Å². The Kier molecular flexibility index (Phi) is 5.40. The van der Waals surface area contributed by atoms with E-state index >= 15 is 0 Å². The van der Waals surface area contributed by atoms with Gasteiger partial charge in [-0.25, -0.2) is 0 Å². The number of aromatic nitrogens is 2. The molecule has 1 aromatic heterocycles. The first kappa shape index (κ1) is 12.2. The van der Waals surface area contributed by atoms with Crippen LogP contribution in [0.4, 0.5) is 0 Å². The van der Waals surface area contributed by atoms with E-state index in [-0.39, 0.29) is 0 Å². The van der Waals surface area contributed by atoms with Crippen molar-refractivity contribution < 1.29 is 0 Å². The Morgan fingerprint density at radius 2 is 2.27 bits per heavy atom. The van der Waals surface area contributed by atoms with E-state index in [2.05, 4.69) is 37.4 Å². The van der Waals surface area contributed by atoms with Crippen molar-refractivity contribution in [1.29, 1.82) is 0 Å². The Balaban J connectivity index is 2.19. The Morgan fingerprint density at radius 3 is 2.87 bits per heavy atom. The molecule has 15 heavy (non-hydrogen) atoms. The molecule has 1 N–H and O–H groups in total. The molecule has 0 aliphatic carbocycles. The quantitative estimate of drug-likeness (QED) is 0.746. The average Bonchev–Trinajstić information content (AvgIpc) is 2.66. The van der Waals surface area contributed by atoms with Gasteiger partial charge < -0.3 is 5.32 Å². The molecule has 1 rings (SSSR count). The van der Waals surface area contributed by atoms with Gasteiger partial charge in [0.15, 0.2) is 0 Å². The summed E-state index contributed by atoms with van der Waals surface area (Å²) >= 11 is 0. The average molecular weight is 209 g/mol. The fourth-order valence-electron chi connectivity index (χ4n) is 1.77. The van der Waals surface area contributed by atoms with Crippen LogP contribution >= 0.6 is 0 Å². The van der Waals surface area contributed by atoms with Crippen molar-refractivity contribution in [2.24, 2.45) is 0 Å². The zero-order valence-electron chi connectivity index (χ0n) is 10.2. The number of hydrogen-bond acceptors (Lipinski definition) is 2. The third-order valence-electron chi connectivity index (χ3n) is 2.67. The van der Waals surface area contributed by atoms with Crippen LogP contribution in [-0.2, 0) is 13.0 Å². The lowest BCUT2D eigenvalue weighted by molar-refractivity contribution is 0.512. The Bertz CT molecular complexity index is 268. The van der Waals surface area contributed by atoms with E-state index in [0.717, 1.165) is 19.5 Å². The van der Waals surface area contributed by atoms with Crippen molar-refractivity contribution in [3.63, 3.8) is 0 Å². The number of hydrogen-bond donors (Lipinski definition) is 1. The maximum Gasteiger partial charge on any atom is 0.0521 e. The minimum absolute atomic E-state index is 0.635. The van der Waals surface area contributed by atoms with Gasteiger partial charge in [-0.2, -0.15) is 5.10 Å². The summed E-state index contributed by atoms with van der Waals surface area (Å²) in [5, 5.41) is 7.70. The first-order valence-corrected chi connectivity index (χ1v) is 6.01. The van der Waals surface area contributed by atoms with Gasteiger partial charge in [0, 0.05) is 18.8 Å². The van der Waals surface area contributed by atoms with Gasteiger partial charge in [-0.05, 0) is 45.2 Å². The molecule has 0 radical (unpaired) electrons. The van der Waals surface area contributed by atoms with Gasteiger partial charge in [0.2, 0.25) is 0 Å². The first-order valence-electron chi connectivity index (χ1n) is 6.01. The molecule has 1 heterocycles. The van der Waals surface area contributed by atoms with Gasteiger partial charge in [-0.3, -0.25) is 4.68 Å². The van der Waals surface area contributed by atoms with Crippen LogP contribution in [-0.4, -0.2) is 22.4 Å². The van der Waals surface area contributed by atoms with E-state index in [0.29, 0.717) is 6.04 Å². The van der Waals surface area contributed by atoms with Crippen molar-refractivity contribution in [1.82, 2.24) is 15.1 Å². The Morgan fingerprint density at radius 1 is 1.47 bits per heavy atom. The van der Waals surface area contributed by atoms with Crippen LogP contribution in [0.3, 0.4) is 0 Å². The molecule has 0 saturated carbocycles. The Hall–Kier alpha value is -0.830. The smallest absolute Gasteiger partial charge is 0.0521 e. The number of nitrogens with one attached hydrogen (secondary N) is 1. The molecule has 1 atom stereocenters. The molecule has 0 aromatic carbocycles. The summed E-state index contributed by atoms with van der Waals surface area (Å²) in [6.07, 6.45) is 7.77. The van der Waals surface area contributed by atoms with Crippen molar-refractivity contribution in [2.75, 3.05) is 6.54 Å². The molecule has 1 aromatic rings. The third kappa shape index (κ3) is 4.47. The zero-order valence-corrected chi connectivity index (χ0v) is 10.2.